The van der Waals surface area contributed by atoms with Crippen LogP contribution >= 0.6 is 0 Å². The maximum atomic E-state index is 12.4. The van der Waals surface area contributed by atoms with Crippen LogP contribution in [-0.2, 0) is 16.0 Å². The predicted molar refractivity (Wildman–Crippen MR) is 99.0 cm³/mol. The van der Waals surface area contributed by atoms with Crippen molar-refractivity contribution in [1.29, 1.82) is 0 Å². The first-order chi connectivity index (χ1) is 13.5. The van der Waals surface area contributed by atoms with Crippen molar-refractivity contribution in [3.05, 3.63) is 76.1 Å². The molecule has 1 aliphatic rings. The highest BCUT2D eigenvalue weighted by atomic mass is 16.6. The number of imide groups is 1. The van der Waals surface area contributed by atoms with Gasteiger partial charge in [0.2, 0.25) is 0 Å². The topological polar surface area (TPSA) is 115 Å². The molecule has 2 N–H and O–H groups in total. The van der Waals surface area contributed by atoms with Gasteiger partial charge >= 0.3 is 6.09 Å². The lowest BCUT2D eigenvalue weighted by Crippen LogP contribution is -2.25. The summed E-state index contributed by atoms with van der Waals surface area (Å²) in [7, 11) is 0. The third kappa shape index (κ3) is 3.48. The molecule has 2 heterocycles. The molecule has 1 fully saturated rings. The second-order valence-electron chi connectivity index (χ2n) is 6.21. The number of benzene rings is 2. The van der Waals surface area contributed by atoms with Gasteiger partial charge in [0.1, 0.15) is 5.58 Å². The Balaban J connectivity index is 1.47. The first kappa shape index (κ1) is 17.5. The molecule has 8 heteroatoms. The average Bonchev–Trinajstić information content (AvgIpc) is 3.00. The second-order valence-corrected chi connectivity index (χ2v) is 6.21. The fourth-order valence-corrected chi connectivity index (χ4v) is 2.87. The number of rotatable bonds is 4. The number of hydrogen-bond donors (Lipinski definition) is 2. The zero-order valence-corrected chi connectivity index (χ0v) is 14.4. The lowest BCUT2D eigenvalue weighted by atomic mass is 10.1. The number of cyclic esters (lactones) is 1. The van der Waals surface area contributed by atoms with Crippen LogP contribution in [0.5, 0.6) is 0 Å². The van der Waals surface area contributed by atoms with Crippen LogP contribution in [0.3, 0.4) is 0 Å². The molecule has 1 unspecified atom stereocenters. The smallest absolute Gasteiger partial charge is 0.414 e. The summed E-state index contributed by atoms with van der Waals surface area (Å²) in [5.41, 5.74) is 1.27. The van der Waals surface area contributed by atoms with E-state index in [4.69, 9.17) is 9.15 Å². The molecule has 1 saturated heterocycles. The van der Waals surface area contributed by atoms with Gasteiger partial charge in [0, 0.05) is 18.2 Å². The van der Waals surface area contributed by atoms with Gasteiger partial charge in [-0.05, 0) is 29.8 Å². The molecular formula is C20H14N2O6. The van der Waals surface area contributed by atoms with Gasteiger partial charge in [-0.15, -0.1) is 0 Å². The van der Waals surface area contributed by atoms with E-state index in [0.29, 0.717) is 16.7 Å². The first-order valence-electron chi connectivity index (χ1n) is 8.44. The molecule has 1 atom stereocenters. The fraction of sp³-hybridized carbons (Fsp3) is 0.100. The number of amides is 3. The molecule has 1 aromatic heterocycles. The highest BCUT2D eigenvalue weighted by molar-refractivity contribution is 6.03. The standard InChI is InChI=1S/C20H14N2O6/c23-14-10-17(27-15-4-2-1-3-13(14)15)18(24)21-12-7-5-11(6-8-12)9-16-19(25)22-20(26)28-16/h1-8,10,16H,9H2,(H,21,24)(H,22,25,26). The maximum Gasteiger partial charge on any atom is 0.414 e. The minimum absolute atomic E-state index is 0.0951. The van der Waals surface area contributed by atoms with E-state index < -0.39 is 24.0 Å². The Hall–Kier alpha value is -3.94. The van der Waals surface area contributed by atoms with E-state index in [0.717, 1.165) is 11.6 Å². The van der Waals surface area contributed by atoms with E-state index in [9.17, 15) is 19.2 Å². The van der Waals surface area contributed by atoms with E-state index in [-0.39, 0.29) is 17.6 Å². The Kier molecular flexibility index (Phi) is 4.36. The van der Waals surface area contributed by atoms with Gasteiger partial charge in [-0.1, -0.05) is 24.3 Å². The number of anilines is 1. The van der Waals surface area contributed by atoms with E-state index in [1.807, 2.05) is 0 Å². The molecule has 28 heavy (non-hydrogen) atoms. The zero-order chi connectivity index (χ0) is 19.7. The maximum absolute atomic E-state index is 12.4. The number of ether oxygens (including phenoxy) is 1. The van der Waals surface area contributed by atoms with E-state index in [2.05, 4.69) is 10.6 Å². The number of hydrogen-bond acceptors (Lipinski definition) is 6. The molecule has 0 spiro atoms. The Morgan fingerprint density at radius 1 is 1.04 bits per heavy atom. The number of carbonyl (C=O) groups is 3. The molecule has 2 aromatic carbocycles. The van der Waals surface area contributed by atoms with Crippen molar-refractivity contribution < 1.29 is 23.5 Å². The predicted octanol–water partition coefficient (Wildman–Crippen LogP) is 2.22. The Labute approximate surface area is 158 Å². The van der Waals surface area contributed by atoms with Crippen molar-refractivity contribution in [2.24, 2.45) is 0 Å². The quantitative estimate of drug-likeness (QED) is 0.719. The van der Waals surface area contributed by atoms with E-state index in [1.54, 1.807) is 48.5 Å². The molecule has 0 aliphatic carbocycles. The molecular weight excluding hydrogens is 364 g/mol. The van der Waals surface area contributed by atoms with Gasteiger partial charge in [0.15, 0.2) is 17.3 Å². The second kappa shape index (κ2) is 6.99. The minimum Gasteiger partial charge on any atom is -0.451 e. The van der Waals surface area contributed by atoms with Crippen LogP contribution in [0.25, 0.3) is 11.0 Å². The number of para-hydroxylation sites is 1. The normalized spacial score (nSPS) is 15.9. The number of nitrogens with one attached hydrogen (secondary N) is 2. The molecule has 0 saturated carbocycles. The summed E-state index contributed by atoms with van der Waals surface area (Å²) in [6.07, 6.45) is -1.39. The summed E-state index contributed by atoms with van der Waals surface area (Å²) < 4.78 is 10.4. The summed E-state index contributed by atoms with van der Waals surface area (Å²) in [4.78, 5) is 47.1. The van der Waals surface area contributed by atoms with Crippen LogP contribution in [0.15, 0.2) is 63.8 Å². The molecule has 1 aliphatic heterocycles. The van der Waals surface area contributed by atoms with Crippen molar-refractivity contribution in [1.82, 2.24) is 5.32 Å². The van der Waals surface area contributed by atoms with Gasteiger partial charge in [-0.3, -0.25) is 19.7 Å². The SMILES string of the molecule is O=C1NC(=O)C(Cc2ccc(NC(=O)c3cc(=O)c4ccccc4o3)cc2)O1. The Morgan fingerprint density at radius 2 is 1.79 bits per heavy atom. The number of fused-ring (bicyclic) bond motifs is 1. The monoisotopic (exact) mass is 378 g/mol. The van der Waals surface area contributed by atoms with Crippen molar-refractivity contribution in [2.75, 3.05) is 5.32 Å². The van der Waals surface area contributed by atoms with Crippen molar-refractivity contribution in [2.45, 2.75) is 12.5 Å². The van der Waals surface area contributed by atoms with Gasteiger partial charge < -0.3 is 14.5 Å². The molecule has 3 aromatic rings. The summed E-state index contributed by atoms with van der Waals surface area (Å²) in [6.45, 7) is 0. The van der Waals surface area contributed by atoms with Crippen LogP contribution in [0.4, 0.5) is 10.5 Å². The third-order valence-corrected chi connectivity index (χ3v) is 4.26. The van der Waals surface area contributed by atoms with Crippen molar-refractivity contribution in [3.8, 4) is 0 Å². The Bertz CT molecular complexity index is 1150. The average molecular weight is 378 g/mol. The molecule has 0 bridgehead atoms. The van der Waals surface area contributed by atoms with Crippen LogP contribution in [0.1, 0.15) is 16.1 Å². The summed E-state index contributed by atoms with van der Waals surface area (Å²) >= 11 is 0. The van der Waals surface area contributed by atoms with Gasteiger partial charge in [-0.2, -0.15) is 0 Å². The highest BCUT2D eigenvalue weighted by Crippen LogP contribution is 2.16. The van der Waals surface area contributed by atoms with Crippen molar-refractivity contribution in [3.63, 3.8) is 0 Å². The zero-order valence-electron chi connectivity index (χ0n) is 14.4. The lowest BCUT2D eigenvalue weighted by molar-refractivity contribution is -0.123. The van der Waals surface area contributed by atoms with E-state index in [1.165, 1.54) is 0 Å². The van der Waals surface area contributed by atoms with Gasteiger partial charge in [0.05, 0.1) is 5.39 Å². The van der Waals surface area contributed by atoms with Crippen LogP contribution in [0.2, 0.25) is 0 Å². The highest BCUT2D eigenvalue weighted by Gasteiger charge is 2.32. The largest absolute Gasteiger partial charge is 0.451 e. The van der Waals surface area contributed by atoms with Gasteiger partial charge in [0.25, 0.3) is 11.8 Å². The molecule has 0 radical (unpaired) electrons. The van der Waals surface area contributed by atoms with E-state index >= 15 is 0 Å². The Morgan fingerprint density at radius 3 is 2.50 bits per heavy atom. The van der Waals surface area contributed by atoms with Crippen LogP contribution in [0, 0.1) is 0 Å². The summed E-state index contributed by atoms with van der Waals surface area (Å²) in [5.74, 6) is -1.13. The third-order valence-electron chi connectivity index (χ3n) is 4.26. The summed E-state index contributed by atoms with van der Waals surface area (Å²) in [6, 6.07) is 14.5. The molecule has 140 valence electrons. The van der Waals surface area contributed by atoms with Crippen LogP contribution < -0.4 is 16.1 Å². The van der Waals surface area contributed by atoms with Crippen LogP contribution in [-0.4, -0.2) is 24.0 Å². The first-order valence-corrected chi connectivity index (χ1v) is 8.44. The molecule has 8 nitrogen and oxygen atoms in total. The lowest BCUT2D eigenvalue weighted by Gasteiger charge is -2.08. The summed E-state index contributed by atoms with van der Waals surface area (Å²) in [5, 5.41) is 5.12. The number of carbonyl (C=O) groups excluding carboxylic acids is 3. The number of alkyl carbamates (subject to hydrolysis) is 1. The van der Waals surface area contributed by atoms with Crippen molar-refractivity contribution >= 4 is 34.6 Å². The molecule has 3 amide bonds. The molecule has 4 rings (SSSR count). The minimum atomic E-state index is -0.861. The van der Waals surface area contributed by atoms with Gasteiger partial charge in [-0.25, -0.2) is 4.79 Å². The fourth-order valence-electron chi connectivity index (χ4n) is 2.87.